The molecule has 0 heterocycles. The van der Waals surface area contributed by atoms with Crippen molar-refractivity contribution in [2.45, 2.75) is 39.5 Å². The normalized spacial score (nSPS) is 11.6. The SMILES string of the molecule is CCCC[C@@H](CC)CNC(=S)NNC(=O)c1cccc(Cl)c1. The van der Waals surface area contributed by atoms with Crippen LogP contribution >= 0.6 is 23.8 Å². The molecule has 22 heavy (non-hydrogen) atoms. The lowest BCUT2D eigenvalue weighted by Crippen LogP contribution is -2.47. The van der Waals surface area contributed by atoms with E-state index in [-0.39, 0.29) is 5.91 Å². The monoisotopic (exact) mass is 341 g/mol. The molecule has 0 fully saturated rings. The Kier molecular flexibility index (Phi) is 8.85. The topological polar surface area (TPSA) is 53.2 Å². The fraction of sp³-hybridized carbons (Fsp3) is 0.500. The van der Waals surface area contributed by atoms with Crippen LogP contribution in [-0.4, -0.2) is 17.6 Å². The summed E-state index contributed by atoms with van der Waals surface area (Å²) in [5, 5.41) is 4.09. The number of hydrazine groups is 1. The van der Waals surface area contributed by atoms with Crippen LogP contribution in [0.1, 0.15) is 49.9 Å². The summed E-state index contributed by atoms with van der Waals surface area (Å²) >= 11 is 11.0. The van der Waals surface area contributed by atoms with Gasteiger partial charge in [0, 0.05) is 17.1 Å². The first-order valence-electron chi connectivity index (χ1n) is 7.66. The molecule has 6 heteroatoms. The third-order valence-corrected chi connectivity index (χ3v) is 3.95. The zero-order valence-electron chi connectivity index (χ0n) is 13.1. The second-order valence-corrected chi connectivity index (χ2v) is 6.06. The van der Waals surface area contributed by atoms with E-state index in [2.05, 4.69) is 30.0 Å². The summed E-state index contributed by atoms with van der Waals surface area (Å²) in [4.78, 5) is 11.9. The van der Waals surface area contributed by atoms with Crippen LogP contribution in [0.2, 0.25) is 5.02 Å². The summed E-state index contributed by atoms with van der Waals surface area (Å²) in [7, 11) is 0. The van der Waals surface area contributed by atoms with E-state index < -0.39 is 0 Å². The lowest BCUT2D eigenvalue weighted by molar-refractivity contribution is 0.0943. The number of halogens is 1. The maximum absolute atomic E-state index is 11.9. The zero-order valence-corrected chi connectivity index (χ0v) is 14.7. The average molecular weight is 342 g/mol. The van der Waals surface area contributed by atoms with E-state index in [1.807, 2.05) is 0 Å². The molecule has 1 amide bonds. The molecule has 1 aromatic rings. The quantitative estimate of drug-likeness (QED) is 0.523. The fourth-order valence-corrected chi connectivity index (χ4v) is 2.36. The van der Waals surface area contributed by atoms with Crippen molar-refractivity contribution in [3.63, 3.8) is 0 Å². The molecule has 0 aliphatic rings. The third kappa shape index (κ3) is 7.09. The minimum atomic E-state index is -0.273. The van der Waals surface area contributed by atoms with E-state index >= 15 is 0 Å². The van der Waals surface area contributed by atoms with Gasteiger partial charge in [0.1, 0.15) is 0 Å². The van der Waals surface area contributed by atoms with Crippen LogP contribution in [0.4, 0.5) is 0 Å². The number of amides is 1. The van der Waals surface area contributed by atoms with Crippen LogP contribution in [0.15, 0.2) is 24.3 Å². The molecular weight excluding hydrogens is 318 g/mol. The summed E-state index contributed by atoms with van der Waals surface area (Å²) in [5.41, 5.74) is 5.76. The Hall–Kier alpha value is -1.33. The standard InChI is InChI=1S/C16H24ClN3OS/c1-3-5-7-12(4-2)11-18-16(22)20-19-15(21)13-8-6-9-14(17)10-13/h6,8-10,12H,3-5,7,11H2,1-2H3,(H,19,21)(H2,18,20,22)/t12-/m1/s1. The molecule has 3 N–H and O–H groups in total. The molecule has 0 aliphatic heterocycles. The van der Waals surface area contributed by atoms with Crippen molar-refractivity contribution in [1.29, 1.82) is 0 Å². The fourth-order valence-electron chi connectivity index (χ4n) is 2.04. The summed E-state index contributed by atoms with van der Waals surface area (Å²) in [5.74, 6) is 0.327. The number of unbranched alkanes of at least 4 members (excludes halogenated alkanes) is 1. The van der Waals surface area contributed by atoms with Crippen molar-refractivity contribution in [3.8, 4) is 0 Å². The third-order valence-electron chi connectivity index (χ3n) is 3.47. The van der Waals surface area contributed by atoms with Gasteiger partial charge in [-0.3, -0.25) is 15.6 Å². The van der Waals surface area contributed by atoms with Gasteiger partial charge in [0.15, 0.2) is 5.11 Å². The molecule has 0 bridgehead atoms. The van der Waals surface area contributed by atoms with Gasteiger partial charge >= 0.3 is 0 Å². The van der Waals surface area contributed by atoms with E-state index in [0.29, 0.717) is 21.6 Å². The maximum Gasteiger partial charge on any atom is 0.269 e. The van der Waals surface area contributed by atoms with Gasteiger partial charge in [-0.1, -0.05) is 50.8 Å². The summed E-state index contributed by atoms with van der Waals surface area (Å²) < 4.78 is 0. The second kappa shape index (κ2) is 10.4. The Bertz CT molecular complexity index is 496. The van der Waals surface area contributed by atoms with Crippen LogP contribution in [0, 0.1) is 5.92 Å². The molecular formula is C16H24ClN3OS. The molecule has 0 aromatic heterocycles. The number of hydrogen-bond donors (Lipinski definition) is 3. The number of nitrogens with one attached hydrogen (secondary N) is 3. The number of thiocarbonyl (C=S) groups is 1. The molecule has 0 spiro atoms. The lowest BCUT2D eigenvalue weighted by atomic mass is 9.99. The van der Waals surface area contributed by atoms with Gasteiger partial charge in [0.2, 0.25) is 0 Å². The second-order valence-electron chi connectivity index (χ2n) is 5.22. The molecule has 0 aliphatic carbocycles. The van der Waals surface area contributed by atoms with Crippen molar-refractivity contribution < 1.29 is 4.79 Å². The van der Waals surface area contributed by atoms with E-state index in [4.69, 9.17) is 23.8 Å². The lowest BCUT2D eigenvalue weighted by Gasteiger charge is -2.17. The first-order valence-corrected chi connectivity index (χ1v) is 8.45. The highest BCUT2D eigenvalue weighted by Crippen LogP contribution is 2.11. The summed E-state index contributed by atoms with van der Waals surface area (Å²) in [6.07, 6.45) is 4.74. The number of benzene rings is 1. The van der Waals surface area contributed by atoms with Gasteiger partial charge in [-0.25, -0.2) is 0 Å². The maximum atomic E-state index is 11.9. The molecule has 122 valence electrons. The molecule has 1 atom stereocenters. The van der Waals surface area contributed by atoms with E-state index in [1.54, 1.807) is 24.3 Å². The Balaban J connectivity index is 2.32. The smallest absolute Gasteiger partial charge is 0.269 e. The van der Waals surface area contributed by atoms with Gasteiger partial charge < -0.3 is 5.32 Å². The van der Waals surface area contributed by atoms with Crippen LogP contribution in [0.25, 0.3) is 0 Å². The minimum Gasteiger partial charge on any atom is -0.361 e. The Morgan fingerprint density at radius 2 is 2.09 bits per heavy atom. The van der Waals surface area contributed by atoms with Gasteiger partial charge in [0.25, 0.3) is 5.91 Å². The Morgan fingerprint density at radius 1 is 1.32 bits per heavy atom. The highest BCUT2D eigenvalue weighted by atomic mass is 35.5. The van der Waals surface area contributed by atoms with Crippen molar-refractivity contribution >= 4 is 34.8 Å². The number of carbonyl (C=O) groups is 1. The van der Waals surface area contributed by atoms with E-state index in [9.17, 15) is 4.79 Å². The molecule has 0 saturated carbocycles. The zero-order chi connectivity index (χ0) is 16.4. The van der Waals surface area contributed by atoms with Gasteiger partial charge in [-0.2, -0.15) is 0 Å². The van der Waals surface area contributed by atoms with Crippen molar-refractivity contribution in [2.75, 3.05) is 6.54 Å². The largest absolute Gasteiger partial charge is 0.361 e. The van der Waals surface area contributed by atoms with Crippen LogP contribution < -0.4 is 16.2 Å². The number of rotatable bonds is 7. The van der Waals surface area contributed by atoms with Crippen molar-refractivity contribution in [3.05, 3.63) is 34.9 Å². The van der Waals surface area contributed by atoms with E-state index in [0.717, 1.165) is 13.0 Å². The number of carbonyl (C=O) groups excluding carboxylic acids is 1. The summed E-state index contributed by atoms with van der Waals surface area (Å²) in [6, 6.07) is 6.75. The predicted molar refractivity (Wildman–Crippen MR) is 96.0 cm³/mol. The predicted octanol–water partition coefficient (Wildman–Crippen LogP) is 3.67. The Labute approximate surface area is 143 Å². The first kappa shape index (κ1) is 18.7. The first-order chi connectivity index (χ1) is 10.6. The van der Waals surface area contributed by atoms with Crippen LogP contribution in [-0.2, 0) is 0 Å². The molecule has 0 radical (unpaired) electrons. The number of hydrogen-bond acceptors (Lipinski definition) is 2. The van der Waals surface area contributed by atoms with Crippen molar-refractivity contribution in [1.82, 2.24) is 16.2 Å². The molecule has 1 aromatic carbocycles. The molecule has 4 nitrogen and oxygen atoms in total. The molecule has 1 rings (SSSR count). The Morgan fingerprint density at radius 3 is 2.73 bits per heavy atom. The van der Waals surface area contributed by atoms with Crippen LogP contribution in [0.3, 0.4) is 0 Å². The summed E-state index contributed by atoms with van der Waals surface area (Å²) in [6.45, 7) is 5.19. The highest BCUT2D eigenvalue weighted by molar-refractivity contribution is 7.80. The molecule has 0 saturated heterocycles. The van der Waals surface area contributed by atoms with Gasteiger partial charge in [-0.05, 0) is 42.8 Å². The molecule has 0 unspecified atom stereocenters. The minimum absolute atomic E-state index is 0.273. The van der Waals surface area contributed by atoms with Gasteiger partial charge in [0.05, 0.1) is 0 Å². The highest BCUT2D eigenvalue weighted by Gasteiger charge is 2.08. The van der Waals surface area contributed by atoms with Gasteiger partial charge in [-0.15, -0.1) is 0 Å². The van der Waals surface area contributed by atoms with E-state index in [1.165, 1.54) is 19.3 Å². The van der Waals surface area contributed by atoms with Crippen LogP contribution in [0.5, 0.6) is 0 Å². The van der Waals surface area contributed by atoms with Crippen molar-refractivity contribution in [2.24, 2.45) is 5.92 Å². The average Bonchev–Trinajstić information content (AvgIpc) is 2.52.